The largest absolute Gasteiger partial charge is 0.455 e. The highest BCUT2D eigenvalue weighted by Crippen LogP contribution is 2.37. The molecule has 2 aliphatic heterocycles. The van der Waals surface area contributed by atoms with Gasteiger partial charge in [0.1, 0.15) is 5.56 Å². The monoisotopic (exact) mass is 587 g/mol. The number of ether oxygens (including phenoxy) is 1. The van der Waals surface area contributed by atoms with E-state index >= 15 is 0 Å². The van der Waals surface area contributed by atoms with Crippen molar-refractivity contribution in [1.82, 2.24) is 9.97 Å². The second-order valence-electron chi connectivity index (χ2n) is 10.1. The van der Waals surface area contributed by atoms with Crippen molar-refractivity contribution in [1.29, 1.82) is 0 Å². The lowest BCUT2D eigenvalue weighted by Gasteiger charge is -2.33. The highest BCUT2D eigenvalue weighted by Gasteiger charge is 2.37. The topological polar surface area (TPSA) is 105 Å². The first-order valence-corrected chi connectivity index (χ1v) is 15.3. The van der Waals surface area contributed by atoms with Crippen molar-refractivity contribution in [2.75, 3.05) is 40.7 Å². The standard InChI is InChI=1S/C27H27Cl2N5O4S/c28-22-2-1-3-23(29)24(22)34-16-38-25-21(26(34)35)14-30-27(32-25)31-18-4-6-19(7-5-18)33-12-10-17(11-13-33)15-39(36,37)20-8-9-20/h1-7,14,17,20H,8-13,15-16H2,(H,30,31,32). The summed E-state index contributed by atoms with van der Waals surface area (Å²) in [6.07, 6.45) is 4.86. The van der Waals surface area contributed by atoms with E-state index in [2.05, 4.69) is 20.2 Å². The SMILES string of the molecule is O=C1c2cnc(Nc3ccc(N4CCC(CS(=O)(=O)C5CC5)CC4)cc3)nc2OCN1c1c(Cl)cccc1Cl. The molecule has 1 saturated heterocycles. The van der Waals surface area contributed by atoms with Crippen molar-refractivity contribution in [2.24, 2.45) is 5.92 Å². The molecule has 204 valence electrons. The minimum Gasteiger partial charge on any atom is -0.455 e. The number of benzene rings is 2. The van der Waals surface area contributed by atoms with E-state index < -0.39 is 9.84 Å². The van der Waals surface area contributed by atoms with E-state index in [1.54, 1.807) is 18.2 Å². The Hall–Kier alpha value is -3.08. The predicted molar refractivity (Wildman–Crippen MR) is 152 cm³/mol. The lowest BCUT2D eigenvalue weighted by molar-refractivity contribution is 0.0932. The van der Waals surface area contributed by atoms with Gasteiger partial charge in [0.25, 0.3) is 5.91 Å². The van der Waals surface area contributed by atoms with Gasteiger partial charge in [-0.2, -0.15) is 4.98 Å². The number of amides is 1. The molecule has 0 radical (unpaired) electrons. The number of para-hydroxylation sites is 1. The number of anilines is 4. The molecular formula is C27H27Cl2N5O4S. The minimum atomic E-state index is -2.91. The lowest BCUT2D eigenvalue weighted by atomic mass is 9.98. The number of hydrogen-bond donors (Lipinski definition) is 1. The van der Waals surface area contributed by atoms with Gasteiger partial charge in [-0.05, 0) is 68.0 Å². The molecule has 1 amide bonds. The second-order valence-corrected chi connectivity index (χ2v) is 13.3. The molecule has 3 aromatic rings. The molecule has 2 fully saturated rings. The summed E-state index contributed by atoms with van der Waals surface area (Å²) in [5, 5.41) is 3.76. The van der Waals surface area contributed by atoms with Gasteiger partial charge in [0.15, 0.2) is 16.6 Å². The fourth-order valence-electron chi connectivity index (χ4n) is 5.06. The Morgan fingerprint density at radius 3 is 2.36 bits per heavy atom. The van der Waals surface area contributed by atoms with Crippen molar-refractivity contribution in [3.8, 4) is 5.88 Å². The zero-order chi connectivity index (χ0) is 27.1. The maximum atomic E-state index is 13.1. The van der Waals surface area contributed by atoms with Crippen LogP contribution in [0, 0.1) is 5.92 Å². The average molecular weight is 589 g/mol. The third-order valence-corrected chi connectivity index (χ3v) is 10.4. The molecule has 0 bridgehead atoms. The summed E-state index contributed by atoms with van der Waals surface area (Å²) in [6.45, 7) is 1.60. The summed E-state index contributed by atoms with van der Waals surface area (Å²) >= 11 is 12.5. The van der Waals surface area contributed by atoms with Gasteiger partial charge in [0.2, 0.25) is 11.8 Å². The maximum Gasteiger partial charge on any atom is 0.268 e. The van der Waals surface area contributed by atoms with Crippen LogP contribution in [0.4, 0.5) is 23.0 Å². The van der Waals surface area contributed by atoms with E-state index in [1.807, 2.05) is 24.3 Å². The Labute approximate surface area is 237 Å². The number of aromatic nitrogens is 2. The Morgan fingerprint density at radius 1 is 1.00 bits per heavy atom. The Balaban J connectivity index is 1.08. The fourth-order valence-corrected chi connectivity index (χ4v) is 7.78. The third kappa shape index (κ3) is 5.50. The predicted octanol–water partition coefficient (Wildman–Crippen LogP) is 5.32. The minimum absolute atomic E-state index is 0.0797. The summed E-state index contributed by atoms with van der Waals surface area (Å²) in [4.78, 5) is 25.4. The van der Waals surface area contributed by atoms with E-state index in [-0.39, 0.29) is 35.2 Å². The lowest BCUT2D eigenvalue weighted by Crippen LogP contribution is -2.39. The van der Waals surface area contributed by atoms with Crippen LogP contribution in [0.3, 0.4) is 0 Å². The Morgan fingerprint density at radius 2 is 1.69 bits per heavy atom. The van der Waals surface area contributed by atoms with Gasteiger partial charge in [-0.3, -0.25) is 9.69 Å². The zero-order valence-corrected chi connectivity index (χ0v) is 23.3. The van der Waals surface area contributed by atoms with Crippen LogP contribution in [0.1, 0.15) is 36.0 Å². The first-order chi connectivity index (χ1) is 18.8. The maximum absolute atomic E-state index is 13.1. The van der Waals surface area contributed by atoms with Crippen LogP contribution in [0.2, 0.25) is 10.0 Å². The summed E-state index contributed by atoms with van der Waals surface area (Å²) in [5.41, 5.74) is 2.47. The molecule has 3 heterocycles. The summed E-state index contributed by atoms with van der Waals surface area (Å²) < 4.78 is 30.4. The number of hydrogen-bond acceptors (Lipinski definition) is 8. The molecule has 2 aromatic carbocycles. The van der Waals surface area contributed by atoms with Gasteiger partial charge in [-0.1, -0.05) is 29.3 Å². The number of carbonyl (C=O) groups excluding carboxylic acids is 1. The normalized spacial score (nSPS) is 18.1. The van der Waals surface area contributed by atoms with Gasteiger partial charge in [0, 0.05) is 30.7 Å². The van der Waals surface area contributed by atoms with Gasteiger partial charge in [-0.25, -0.2) is 13.4 Å². The Bertz CT molecular complexity index is 1490. The molecule has 0 unspecified atom stereocenters. The summed E-state index contributed by atoms with van der Waals surface area (Å²) in [6, 6.07) is 12.9. The van der Waals surface area contributed by atoms with E-state index in [0.29, 0.717) is 27.4 Å². The third-order valence-electron chi connectivity index (χ3n) is 7.37. The molecule has 0 atom stereocenters. The highest BCUT2D eigenvalue weighted by molar-refractivity contribution is 7.92. The van der Waals surface area contributed by atoms with Gasteiger partial charge in [-0.15, -0.1) is 0 Å². The first-order valence-electron chi connectivity index (χ1n) is 12.9. The van der Waals surface area contributed by atoms with Crippen LogP contribution in [-0.2, 0) is 9.84 Å². The number of nitrogens with one attached hydrogen (secondary N) is 1. The zero-order valence-electron chi connectivity index (χ0n) is 21.0. The van der Waals surface area contributed by atoms with Crippen molar-refractivity contribution in [2.45, 2.75) is 30.9 Å². The van der Waals surface area contributed by atoms with Crippen LogP contribution in [0.15, 0.2) is 48.7 Å². The van der Waals surface area contributed by atoms with E-state index in [4.69, 9.17) is 27.9 Å². The number of sulfone groups is 1. The second kappa shape index (κ2) is 10.5. The molecule has 1 N–H and O–H groups in total. The van der Waals surface area contributed by atoms with Gasteiger partial charge < -0.3 is 15.0 Å². The molecule has 3 aliphatic rings. The van der Waals surface area contributed by atoms with E-state index in [9.17, 15) is 13.2 Å². The molecule has 39 heavy (non-hydrogen) atoms. The fraction of sp³-hybridized carbons (Fsp3) is 0.370. The number of carbonyl (C=O) groups is 1. The molecule has 6 rings (SSSR count). The smallest absolute Gasteiger partial charge is 0.268 e. The number of halogens is 2. The molecule has 1 aromatic heterocycles. The number of fused-ring (bicyclic) bond motifs is 1. The number of rotatable bonds is 7. The number of nitrogens with zero attached hydrogens (tertiary/aromatic N) is 4. The first kappa shape index (κ1) is 26.2. The molecular weight excluding hydrogens is 561 g/mol. The van der Waals surface area contributed by atoms with Crippen LogP contribution in [0.5, 0.6) is 5.88 Å². The van der Waals surface area contributed by atoms with Crippen molar-refractivity contribution >= 4 is 62.0 Å². The van der Waals surface area contributed by atoms with Crippen molar-refractivity contribution in [3.05, 3.63) is 64.3 Å². The van der Waals surface area contributed by atoms with Crippen molar-refractivity contribution < 1.29 is 17.9 Å². The molecule has 9 nitrogen and oxygen atoms in total. The van der Waals surface area contributed by atoms with E-state index in [0.717, 1.165) is 50.1 Å². The van der Waals surface area contributed by atoms with Crippen molar-refractivity contribution in [3.63, 3.8) is 0 Å². The molecule has 0 spiro atoms. The highest BCUT2D eigenvalue weighted by atomic mass is 35.5. The van der Waals surface area contributed by atoms with E-state index in [1.165, 1.54) is 11.1 Å². The summed E-state index contributed by atoms with van der Waals surface area (Å²) in [7, 11) is -2.91. The average Bonchev–Trinajstić information content (AvgIpc) is 3.77. The summed E-state index contributed by atoms with van der Waals surface area (Å²) in [5.74, 6) is 0.708. The van der Waals surface area contributed by atoms with Gasteiger partial charge >= 0.3 is 0 Å². The molecule has 1 saturated carbocycles. The van der Waals surface area contributed by atoms with Crippen LogP contribution in [0.25, 0.3) is 0 Å². The quantitative estimate of drug-likeness (QED) is 0.396. The van der Waals surface area contributed by atoms with Crippen LogP contribution in [-0.4, -0.2) is 55.1 Å². The van der Waals surface area contributed by atoms with Crippen LogP contribution < -0.4 is 19.9 Å². The van der Waals surface area contributed by atoms with Crippen LogP contribution >= 0.6 is 23.2 Å². The molecule has 1 aliphatic carbocycles. The van der Waals surface area contributed by atoms with Gasteiger partial charge in [0.05, 0.1) is 26.7 Å². The Kier molecular flexibility index (Phi) is 7.03. The molecule has 12 heteroatoms. The number of piperidine rings is 1.